The maximum absolute atomic E-state index is 12.5. The van der Waals surface area contributed by atoms with Gasteiger partial charge in [0.15, 0.2) is 0 Å². The third-order valence-electron chi connectivity index (χ3n) is 32.9. The minimum absolute atomic E-state index is 0.00618. The summed E-state index contributed by atoms with van der Waals surface area (Å²) in [5.74, 6) is 4.71. The first kappa shape index (κ1) is 155. The number of esters is 9. The lowest BCUT2D eigenvalue weighted by molar-refractivity contribution is -0.166. The summed E-state index contributed by atoms with van der Waals surface area (Å²) in [6.07, 6.45) is 20.0. The summed E-state index contributed by atoms with van der Waals surface area (Å²) < 4.78 is 48.0. The molecule has 18 heteroatoms. The Morgan fingerprint density at radius 3 is 0.587 bits per heavy atom. The molecule has 0 radical (unpaired) electrons. The highest BCUT2D eigenvalue weighted by Gasteiger charge is 2.46. The Morgan fingerprint density at radius 2 is 0.427 bits per heavy atom. The van der Waals surface area contributed by atoms with Gasteiger partial charge >= 0.3 is 53.7 Å². The molecule has 150 heavy (non-hydrogen) atoms. The van der Waals surface area contributed by atoms with Gasteiger partial charge in [-0.2, -0.15) is 0 Å². The smallest absolute Gasteiger partial charge is 0.311 e. The van der Waals surface area contributed by atoms with Crippen LogP contribution < -0.4 is 0 Å². The molecule has 4 rings (SSSR count). The van der Waals surface area contributed by atoms with E-state index in [1.807, 2.05) is 201 Å². The van der Waals surface area contributed by atoms with Gasteiger partial charge in [0.2, 0.25) is 0 Å². The summed E-state index contributed by atoms with van der Waals surface area (Å²) >= 11 is 0. The monoisotopic (exact) mass is 2130 g/mol. The van der Waals surface area contributed by atoms with Crippen LogP contribution in [0.2, 0.25) is 0 Å². The first-order chi connectivity index (χ1) is 67.1. The molecule has 3 fully saturated rings. The standard InChI is InChI=1S/2C20H38O2.C18H30.C16H30O2.2C13H26O2.2C9H18O2.2C7H14O2/c2*1-10-20(8,9)17(21)22-16-12-14(18(2,3)4)11-15(13-16)19(5,6)7;1-9-13(2)14-10-15(17(3,4)5)12-16(11-14)18(6,7)8;1-7-16(5,6)14(17)18-13-10-8-12(9-11-13)15(2,3)4;2*1-8-13(6,7)12(14)15-11(9(2)3)10(4)5;2*1-6-9(4,5)8(10)11-7(2)3;2*1-5-7(2,3)6(8)9-4/h2*14-16H,10-13H2,1-9H3;10-13H,9H2,1-8H3;12-13H,7-11H2,1-6H3;2*9-11H,8H2,1-7H3;2*7H,6H2,1-5H3;2*5H2,1-4H3. The van der Waals surface area contributed by atoms with Gasteiger partial charge in [0.25, 0.3) is 0 Å². The fraction of sp³-hybridized carbons (Fsp3) is 0.886. The second kappa shape index (κ2) is 66.4. The molecule has 5 unspecified atom stereocenters. The van der Waals surface area contributed by atoms with E-state index in [-0.39, 0.29) is 178 Å². The quantitative estimate of drug-likeness (QED) is 0.0496. The molecule has 1 aromatic carbocycles. The first-order valence-electron chi connectivity index (χ1n) is 58.9. The Labute approximate surface area is 929 Å². The van der Waals surface area contributed by atoms with Gasteiger partial charge in [-0.1, -0.05) is 295 Å². The van der Waals surface area contributed by atoms with Crippen molar-refractivity contribution >= 4 is 53.7 Å². The molecule has 0 N–H and O–H groups in total. The van der Waals surface area contributed by atoms with Gasteiger partial charge in [0, 0.05) is 0 Å². The number of rotatable bonds is 31. The highest BCUT2D eigenvalue weighted by atomic mass is 16.6. The van der Waals surface area contributed by atoms with Gasteiger partial charge < -0.3 is 42.6 Å². The van der Waals surface area contributed by atoms with E-state index >= 15 is 0 Å². The number of carbonyl (C=O) groups is 9. The largest absolute Gasteiger partial charge is 0.469 e. The molecule has 0 heterocycles. The Kier molecular flexibility index (Phi) is 68.6. The average Bonchev–Trinajstić information content (AvgIpc) is 0.803. The van der Waals surface area contributed by atoms with E-state index in [1.165, 1.54) is 63.0 Å². The second-order valence-electron chi connectivity index (χ2n) is 59.4. The second-order valence-corrected chi connectivity index (χ2v) is 59.4. The third-order valence-corrected chi connectivity index (χ3v) is 32.9. The Bertz CT molecular complexity index is 3700. The van der Waals surface area contributed by atoms with Crippen LogP contribution in [0.3, 0.4) is 0 Å². The summed E-state index contributed by atoms with van der Waals surface area (Å²) in [7, 11) is 2.83. The molecule has 0 aromatic heterocycles. The van der Waals surface area contributed by atoms with Crippen molar-refractivity contribution in [1.29, 1.82) is 0 Å². The average molecular weight is 2130 g/mol. The molecule has 0 amide bonds. The molecule has 0 aliphatic heterocycles. The van der Waals surface area contributed by atoms with Crippen molar-refractivity contribution in [2.75, 3.05) is 14.2 Å². The van der Waals surface area contributed by atoms with Crippen molar-refractivity contribution in [3.63, 3.8) is 0 Å². The minimum atomic E-state index is -0.369. The van der Waals surface area contributed by atoms with E-state index in [2.05, 4.69) is 256 Å². The zero-order valence-electron chi connectivity index (χ0n) is 111. The predicted molar refractivity (Wildman–Crippen MR) is 635 cm³/mol. The van der Waals surface area contributed by atoms with Crippen molar-refractivity contribution < 1.29 is 85.8 Å². The minimum Gasteiger partial charge on any atom is -0.469 e. The van der Waals surface area contributed by atoms with Crippen LogP contribution in [0, 0.1) is 129 Å². The van der Waals surface area contributed by atoms with Gasteiger partial charge in [0.1, 0.15) is 30.5 Å². The lowest BCUT2D eigenvalue weighted by Gasteiger charge is -2.45. The number of ether oxygens (including phenoxy) is 9. The lowest BCUT2D eigenvalue weighted by atomic mass is 9.62. The summed E-state index contributed by atoms with van der Waals surface area (Å²) in [6, 6.07) is 7.21. The Morgan fingerprint density at radius 1 is 0.240 bits per heavy atom. The summed E-state index contributed by atoms with van der Waals surface area (Å²) in [5, 5.41) is 0. The van der Waals surface area contributed by atoms with Crippen LogP contribution in [0.15, 0.2) is 18.2 Å². The number of hydrogen-bond acceptors (Lipinski definition) is 18. The predicted octanol–water partition coefficient (Wildman–Crippen LogP) is 37.3. The van der Waals surface area contributed by atoms with Crippen molar-refractivity contribution in [3.05, 3.63) is 34.9 Å². The summed E-state index contributed by atoms with van der Waals surface area (Å²) in [4.78, 5) is 105. The van der Waals surface area contributed by atoms with Gasteiger partial charge in [-0.3, -0.25) is 43.2 Å². The molecular weight excluding hydrogens is 1870 g/mol. The van der Waals surface area contributed by atoms with Crippen molar-refractivity contribution in [3.8, 4) is 0 Å². The van der Waals surface area contributed by atoms with Crippen molar-refractivity contribution in [1.82, 2.24) is 0 Å². The SMILES string of the molecule is CCC(C)(C)C(=O)OC.CCC(C)(C)C(=O)OC.CCC(C)(C)C(=O)OC(C(C)C)C(C)C.CCC(C)(C)C(=O)OC(C(C)C)C(C)C.CCC(C)(C)C(=O)OC(C)C.CCC(C)(C)C(=O)OC(C)C.CCC(C)(C)C(=O)OC1CC(C(C)(C)C)CC(C(C)(C)C)C1.CCC(C)(C)C(=O)OC1CC(C(C)(C)C)CC(C(C)(C)C)C1.CCC(C)(C)C(=O)OC1CCC(C(C)(C)C)CC1.CCC(C)c1cc(C(C)(C)C)cc(C(C)(C)C)c1. The summed E-state index contributed by atoms with van der Waals surface area (Å²) in [6.45, 7) is 130. The molecule has 3 saturated carbocycles. The molecular formula is C132H252O18. The van der Waals surface area contributed by atoms with Gasteiger partial charge in [0.05, 0.1) is 75.2 Å². The molecule has 0 bridgehead atoms. The molecule has 888 valence electrons. The fourth-order valence-corrected chi connectivity index (χ4v) is 15.8. The van der Waals surface area contributed by atoms with Crippen LogP contribution in [0.25, 0.3) is 0 Å². The molecule has 18 nitrogen and oxygen atoms in total. The fourth-order valence-electron chi connectivity index (χ4n) is 15.8. The number of benzene rings is 1. The third kappa shape index (κ3) is 60.3. The van der Waals surface area contributed by atoms with Crippen molar-refractivity contribution in [2.24, 2.45) is 129 Å². The van der Waals surface area contributed by atoms with Crippen molar-refractivity contribution in [2.45, 2.75) is 617 Å². The molecule has 1 aromatic rings. The topological polar surface area (TPSA) is 237 Å². The van der Waals surface area contributed by atoms with E-state index in [0.29, 0.717) is 58.7 Å². The van der Waals surface area contributed by atoms with E-state index in [9.17, 15) is 43.2 Å². The zero-order chi connectivity index (χ0) is 120. The van der Waals surface area contributed by atoms with Crippen LogP contribution in [-0.4, -0.2) is 111 Å². The zero-order valence-corrected chi connectivity index (χ0v) is 111. The highest BCUT2D eigenvalue weighted by Crippen LogP contribution is 2.50. The normalized spacial score (nSPS) is 18.6. The van der Waals surface area contributed by atoms with E-state index in [4.69, 9.17) is 33.2 Å². The molecule has 5 atom stereocenters. The molecule has 3 aliphatic rings. The number of hydrogen-bond donors (Lipinski definition) is 0. The van der Waals surface area contributed by atoms with Gasteiger partial charge in [-0.25, -0.2) is 0 Å². The van der Waals surface area contributed by atoms with Crippen LogP contribution in [0.4, 0.5) is 0 Å². The van der Waals surface area contributed by atoms with E-state index in [0.717, 1.165) is 102 Å². The van der Waals surface area contributed by atoms with E-state index < -0.39 is 0 Å². The Hall–Kier alpha value is -5.55. The van der Waals surface area contributed by atoms with Crippen LogP contribution in [-0.2, 0) is 96.6 Å². The molecule has 0 spiro atoms. The maximum Gasteiger partial charge on any atom is 0.311 e. The van der Waals surface area contributed by atoms with Gasteiger partial charge in [-0.05, 0) is 395 Å². The number of carbonyl (C=O) groups excluding carboxylic acids is 9. The van der Waals surface area contributed by atoms with E-state index in [1.54, 1.807) is 0 Å². The van der Waals surface area contributed by atoms with Crippen LogP contribution in [0.5, 0.6) is 0 Å². The van der Waals surface area contributed by atoms with Crippen LogP contribution >= 0.6 is 0 Å². The van der Waals surface area contributed by atoms with Gasteiger partial charge in [-0.15, -0.1) is 0 Å². The molecule has 0 saturated heterocycles. The highest BCUT2D eigenvalue weighted by molar-refractivity contribution is 5.79. The first-order valence-corrected chi connectivity index (χ1v) is 58.9. The summed E-state index contributed by atoms with van der Waals surface area (Å²) in [5.41, 5.74) is 3.28. The number of methoxy groups -OCH3 is 2. The maximum atomic E-state index is 12.5. The lowest BCUT2D eigenvalue weighted by Crippen LogP contribution is -2.41. The van der Waals surface area contributed by atoms with Crippen LogP contribution in [0.1, 0.15) is 580 Å². The Balaban J connectivity index is -0.000000389. The molecule has 3 aliphatic carbocycles.